The van der Waals surface area contributed by atoms with Crippen molar-refractivity contribution in [2.24, 2.45) is 0 Å². The Labute approximate surface area is 153 Å². The molecule has 2 atom stereocenters. The summed E-state index contributed by atoms with van der Waals surface area (Å²) in [5, 5.41) is 8.84. The van der Waals surface area contributed by atoms with Gasteiger partial charge in [0, 0.05) is 24.2 Å². The molecule has 3 aromatic rings. The molecule has 128 valence electrons. The lowest BCUT2D eigenvalue weighted by molar-refractivity contribution is 0.0632. The number of ether oxygens (including phenoxy) is 1. The van der Waals surface area contributed by atoms with Crippen LogP contribution in [-0.4, -0.2) is 21.6 Å². The summed E-state index contributed by atoms with van der Waals surface area (Å²) in [6, 6.07) is 16.8. The van der Waals surface area contributed by atoms with Crippen molar-refractivity contribution >= 4 is 12.6 Å². The second-order valence-corrected chi connectivity index (χ2v) is 7.00. The Morgan fingerprint density at radius 2 is 1.88 bits per heavy atom. The van der Waals surface area contributed by atoms with Gasteiger partial charge in [-0.1, -0.05) is 53.7 Å². The summed E-state index contributed by atoms with van der Waals surface area (Å²) in [7, 11) is 0. The Bertz CT molecular complexity index is 903. The number of nitrogens with zero attached hydrogens (tertiary/aromatic N) is 3. The van der Waals surface area contributed by atoms with Crippen molar-refractivity contribution < 1.29 is 4.74 Å². The molecule has 0 fully saturated rings. The van der Waals surface area contributed by atoms with Gasteiger partial charge in [-0.2, -0.15) is 12.6 Å². The molecule has 0 N–H and O–H groups in total. The summed E-state index contributed by atoms with van der Waals surface area (Å²) in [6.07, 6.45) is 0.832. The van der Waals surface area contributed by atoms with E-state index < -0.39 is 0 Å². The number of rotatable bonds is 3. The van der Waals surface area contributed by atoms with Crippen LogP contribution in [0.25, 0.3) is 22.5 Å². The highest BCUT2D eigenvalue weighted by Crippen LogP contribution is 2.42. The van der Waals surface area contributed by atoms with E-state index in [0.29, 0.717) is 6.61 Å². The number of aromatic nitrogens is 3. The first kappa shape index (κ1) is 16.4. The van der Waals surface area contributed by atoms with Gasteiger partial charge in [0.05, 0.1) is 17.2 Å². The Kier molecular flexibility index (Phi) is 4.36. The van der Waals surface area contributed by atoms with Crippen LogP contribution >= 0.6 is 12.6 Å². The monoisotopic (exact) mass is 351 g/mol. The molecule has 0 amide bonds. The minimum absolute atomic E-state index is 0.00840. The van der Waals surface area contributed by atoms with Gasteiger partial charge < -0.3 is 4.74 Å². The highest BCUT2D eigenvalue weighted by atomic mass is 32.1. The van der Waals surface area contributed by atoms with Gasteiger partial charge in [-0.15, -0.1) is 5.10 Å². The van der Waals surface area contributed by atoms with Crippen LogP contribution in [0.5, 0.6) is 0 Å². The molecule has 5 heteroatoms. The first-order valence-corrected chi connectivity index (χ1v) is 9.14. The van der Waals surface area contributed by atoms with E-state index in [1.165, 1.54) is 11.1 Å². The summed E-state index contributed by atoms with van der Waals surface area (Å²) in [5.41, 5.74) is 6.58. The first-order chi connectivity index (χ1) is 12.2. The van der Waals surface area contributed by atoms with Crippen LogP contribution in [-0.2, 0) is 11.2 Å². The second-order valence-electron chi connectivity index (χ2n) is 6.26. The minimum Gasteiger partial charge on any atom is -0.373 e. The standard InChI is InChI=1S/C20H21N3OS/c1-3-24-18-12-14-8-4-5-9-15(14)19-20(23(13(2)25)22-21-19)17-11-7-6-10-16(17)18/h4-11,13,18,25H,3,12H2,1-2H3. The molecule has 1 heterocycles. The molecule has 1 aliphatic rings. The van der Waals surface area contributed by atoms with E-state index in [1.54, 1.807) is 0 Å². The third kappa shape index (κ3) is 2.77. The van der Waals surface area contributed by atoms with Gasteiger partial charge in [0.25, 0.3) is 0 Å². The maximum atomic E-state index is 6.12. The predicted molar refractivity (Wildman–Crippen MR) is 103 cm³/mol. The third-order valence-electron chi connectivity index (χ3n) is 4.66. The lowest BCUT2D eigenvalue weighted by atomic mass is 9.87. The molecule has 4 nitrogen and oxygen atoms in total. The van der Waals surface area contributed by atoms with Crippen molar-refractivity contribution in [3.05, 3.63) is 59.7 Å². The zero-order valence-electron chi connectivity index (χ0n) is 14.4. The summed E-state index contributed by atoms with van der Waals surface area (Å²) >= 11 is 4.60. The van der Waals surface area contributed by atoms with Gasteiger partial charge >= 0.3 is 0 Å². The van der Waals surface area contributed by atoms with E-state index in [-0.39, 0.29) is 11.5 Å². The molecule has 0 aliphatic heterocycles. The molecular weight excluding hydrogens is 330 g/mol. The molecule has 1 aliphatic carbocycles. The molecule has 2 unspecified atom stereocenters. The molecule has 0 radical (unpaired) electrons. The van der Waals surface area contributed by atoms with Crippen LogP contribution < -0.4 is 0 Å². The zero-order chi connectivity index (χ0) is 17.4. The SMILES string of the molecule is CCOC1Cc2ccccc2-c2nnn(C(C)S)c2-c2ccccc21. The van der Waals surface area contributed by atoms with Crippen LogP contribution in [0.2, 0.25) is 0 Å². The average Bonchev–Trinajstić information content (AvgIpc) is 3.05. The smallest absolute Gasteiger partial charge is 0.121 e. The van der Waals surface area contributed by atoms with Crippen molar-refractivity contribution in [3.8, 4) is 22.5 Å². The molecule has 0 saturated carbocycles. The van der Waals surface area contributed by atoms with Crippen LogP contribution in [0.1, 0.15) is 36.5 Å². The Balaban J connectivity index is 2.06. The minimum atomic E-state index is -0.0681. The maximum absolute atomic E-state index is 6.12. The fourth-order valence-corrected chi connectivity index (χ4v) is 3.73. The van der Waals surface area contributed by atoms with Crippen LogP contribution in [0, 0.1) is 0 Å². The topological polar surface area (TPSA) is 39.9 Å². The number of hydrogen-bond acceptors (Lipinski definition) is 4. The first-order valence-electron chi connectivity index (χ1n) is 8.63. The largest absolute Gasteiger partial charge is 0.373 e. The Hall–Kier alpha value is -2.11. The Morgan fingerprint density at radius 3 is 2.64 bits per heavy atom. The van der Waals surface area contributed by atoms with E-state index in [0.717, 1.165) is 28.9 Å². The number of hydrogen-bond donors (Lipinski definition) is 1. The lowest BCUT2D eigenvalue weighted by Gasteiger charge is -2.25. The summed E-state index contributed by atoms with van der Waals surface area (Å²) < 4.78 is 8.02. The molecule has 25 heavy (non-hydrogen) atoms. The highest BCUT2D eigenvalue weighted by Gasteiger charge is 2.28. The molecule has 0 bridgehead atoms. The summed E-state index contributed by atoms with van der Waals surface area (Å²) in [4.78, 5) is 0. The van der Waals surface area contributed by atoms with Gasteiger partial charge in [0.15, 0.2) is 0 Å². The maximum Gasteiger partial charge on any atom is 0.121 e. The van der Waals surface area contributed by atoms with Gasteiger partial charge in [0.2, 0.25) is 0 Å². The van der Waals surface area contributed by atoms with Crippen molar-refractivity contribution in [3.63, 3.8) is 0 Å². The average molecular weight is 351 g/mol. The van der Waals surface area contributed by atoms with Crippen molar-refractivity contribution in [1.29, 1.82) is 0 Å². The number of thiol groups is 1. The van der Waals surface area contributed by atoms with E-state index in [1.807, 2.05) is 18.5 Å². The molecule has 0 spiro atoms. The Morgan fingerprint density at radius 1 is 1.16 bits per heavy atom. The van der Waals surface area contributed by atoms with Gasteiger partial charge in [0.1, 0.15) is 5.69 Å². The predicted octanol–water partition coefficient (Wildman–Crippen LogP) is 4.69. The fourth-order valence-electron chi connectivity index (χ4n) is 3.57. The van der Waals surface area contributed by atoms with Gasteiger partial charge in [-0.3, -0.25) is 0 Å². The molecule has 0 saturated heterocycles. The van der Waals surface area contributed by atoms with Crippen LogP contribution in [0.4, 0.5) is 0 Å². The summed E-state index contributed by atoms with van der Waals surface area (Å²) in [5.74, 6) is 0. The van der Waals surface area contributed by atoms with Gasteiger partial charge in [-0.25, -0.2) is 4.68 Å². The van der Waals surface area contributed by atoms with Crippen molar-refractivity contribution in [2.45, 2.75) is 31.7 Å². The van der Waals surface area contributed by atoms with Gasteiger partial charge in [-0.05, 0) is 25.0 Å². The normalized spacial score (nSPS) is 17.0. The van der Waals surface area contributed by atoms with Crippen LogP contribution in [0.15, 0.2) is 48.5 Å². The zero-order valence-corrected chi connectivity index (χ0v) is 15.3. The lowest BCUT2D eigenvalue weighted by Crippen LogP contribution is -2.13. The highest BCUT2D eigenvalue weighted by molar-refractivity contribution is 7.80. The quantitative estimate of drug-likeness (QED) is 0.696. The van der Waals surface area contributed by atoms with Crippen LogP contribution in [0.3, 0.4) is 0 Å². The van der Waals surface area contributed by atoms with E-state index in [9.17, 15) is 0 Å². The second kappa shape index (κ2) is 6.65. The van der Waals surface area contributed by atoms with E-state index in [4.69, 9.17) is 4.74 Å². The third-order valence-corrected chi connectivity index (χ3v) is 4.88. The van der Waals surface area contributed by atoms with Crippen molar-refractivity contribution in [1.82, 2.24) is 15.0 Å². The number of fused-ring (bicyclic) bond motifs is 5. The molecule has 2 aromatic carbocycles. The fraction of sp³-hybridized carbons (Fsp3) is 0.300. The number of benzene rings is 2. The molecular formula is C20H21N3OS. The van der Waals surface area contributed by atoms with Crippen molar-refractivity contribution in [2.75, 3.05) is 6.61 Å². The summed E-state index contributed by atoms with van der Waals surface area (Å²) in [6.45, 7) is 4.72. The van der Waals surface area contributed by atoms with E-state index >= 15 is 0 Å². The molecule has 4 rings (SSSR count). The van der Waals surface area contributed by atoms with E-state index in [2.05, 4.69) is 71.5 Å². The molecule has 1 aromatic heterocycles.